The van der Waals surface area contributed by atoms with Crippen molar-refractivity contribution < 1.29 is 0 Å². The van der Waals surface area contributed by atoms with Gasteiger partial charge in [0.2, 0.25) is 0 Å². The Morgan fingerprint density at radius 2 is 1.77 bits per heavy atom. The average molecular weight is 352 g/mol. The Bertz CT molecular complexity index is 1200. The molecule has 132 valence electrons. The predicted octanol–water partition coefficient (Wildman–Crippen LogP) is -0.483. The molecule has 3 heterocycles. The Morgan fingerprint density at radius 1 is 1.00 bits per heavy atom. The maximum atomic E-state index is 12.5. The number of hydrogen-bond acceptors (Lipinski definition) is 6. The number of aryl methyl sites for hydroxylation is 1. The molecule has 26 heavy (non-hydrogen) atoms. The molecule has 0 saturated heterocycles. The zero-order valence-electron chi connectivity index (χ0n) is 14.3. The minimum absolute atomic E-state index is 0.268. The Hall–Kier alpha value is -3.56. The molecule has 0 spiro atoms. The number of fused-ring (bicyclic) bond motifs is 1. The van der Waals surface area contributed by atoms with Crippen LogP contribution in [0.3, 0.4) is 0 Å². The molecular formula is C16H16N8O2. The standard InChI is InChI=1S/C16H16N8O2/c1-21-14-13(15(25)22(2)16(21)26)23(10-17-14)9-12-18-19-20-24(12)8-11-6-4-3-5-7-11/h3-7,10H,8-9H2,1-2H3. The van der Waals surface area contributed by atoms with Crippen molar-refractivity contribution in [3.05, 3.63) is 68.9 Å². The summed E-state index contributed by atoms with van der Waals surface area (Å²) in [6.07, 6.45) is 1.52. The molecule has 0 aliphatic rings. The van der Waals surface area contributed by atoms with E-state index in [2.05, 4.69) is 20.5 Å². The van der Waals surface area contributed by atoms with E-state index in [-0.39, 0.29) is 6.54 Å². The Balaban J connectivity index is 1.75. The van der Waals surface area contributed by atoms with Gasteiger partial charge in [-0.1, -0.05) is 30.3 Å². The van der Waals surface area contributed by atoms with Gasteiger partial charge in [-0.05, 0) is 16.0 Å². The number of benzene rings is 1. The SMILES string of the molecule is Cn1c(=O)c2c(ncn2Cc2nnnn2Cc2ccccc2)n(C)c1=O. The highest BCUT2D eigenvalue weighted by Crippen LogP contribution is 2.09. The lowest BCUT2D eigenvalue weighted by Gasteiger charge is -2.07. The molecule has 0 aliphatic heterocycles. The van der Waals surface area contributed by atoms with Crippen molar-refractivity contribution in [1.82, 2.24) is 38.9 Å². The largest absolute Gasteiger partial charge is 0.332 e. The third-order valence-corrected chi connectivity index (χ3v) is 4.31. The van der Waals surface area contributed by atoms with Crippen molar-refractivity contribution in [3.63, 3.8) is 0 Å². The second-order valence-corrected chi connectivity index (χ2v) is 5.99. The van der Waals surface area contributed by atoms with Gasteiger partial charge in [0.25, 0.3) is 5.56 Å². The van der Waals surface area contributed by atoms with Crippen molar-refractivity contribution >= 4 is 11.2 Å². The van der Waals surface area contributed by atoms with Crippen LogP contribution in [0.2, 0.25) is 0 Å². The van der Waals surface area contributed by atoms with Crippen LogP contribution in [0.25, 0.3) is 11.2 Å². The van der Waals surface area contributed by atoms with Gasteiger partial charge in [-0.3, -0.25) is 13.9 Å². The fourth-order valence-corrected chi connectivity index (χ4v) is 2.88. The van der Waals surface area contributed by atoms with E-state index < -0.39 is 11.2 Å². The van der Waals surface area contributed by atoms with E-state index in [9.17, 15) is 9.59 Å². The van der Waals surface area contributed by atoms with Crippen LogP contribution in [-0.4, -0.2) is 38.9 Å². The van der Waals surface area contributed by atoms with E-state index in [0.29, 0.717) is 23.5 Å². The van der Waals surface area contributed by atoms with Crippen LogP contribution in [0.15, 0.2) is 46.2 Å². The average Bonchev–Trinajstić information content (AvgIpc) is 3.27. The minimum Gasteiger partial charge on any atom is -0.317 e. The first kappa shape index (κ1) is 15.9. The summed E-state index contributed by atoms with van der Waals surface area (Å²) in [6.45, 7) is 0.788. The minimum atomic E-state index is -0.415. The van der Waals surface area contributed by atoms with Gasteiger partial charge in [-0.25, -0.2) is 14.5 Å². The molecule has 0 radical (unpaired) electrons. The molecule has 0 saturated carbocycles. The summed E-state index contributed by atoms with van der Waals surface area (Å²) >= 11 is 0. The van der Waals surface area contributed by atoms with Crippen LogP contribution in [0.1, 0.15) is 11.4 Å². The van der Waals surface area contributed by atoms with E-state index in [1.165, 1.54) is 17.9 Å². The first-order chi connectivity index (χ1) is 12.6. The highest BCUT2D eigenvalue weighted by Gasteiger charge is 2.16. The molecule has 10 nitrogen and oxygen atoms in total. The van der Waals surface area contributed by atoms with Gasteiger partial charge in [0.05, 0.1) is 19.4 Å². The Kier molecular flexibility index (Phi) is 3.72. The summed E-state index contributed by atoms with van der Waals surface area (Å²) in [7, 11) is 3.03. The maximum absolute atomic E-state index is 12.5. The molecule has 4 rings (SSSR count). The lowest BCUT2D eigenvalue weighted by molar-refractivity contribution is 0.600. The topological polar surface area (TPSA) is 105 Å². The van der Waals surface area contributed by atoms with Gasteiger partial charge in [-0.2, -0.15) is 0 Å². The Labute approximate surface area is 146 Å². The van der Waals surface area contributed by atoms with Crippen LogP contribution in [-0.2, 0) is 27.2 Å². The predicted molar refractivity (Wildman–Crippen MR) is 92.7 cm³/mol. The van der Waals surface area contributed by atoms with Crippen LogP contribution in [0.4, 0.5) is 0 Å². The molecule has 0 unspecified atom stereocenters. The van der Waals surface area contributed by atoms with Crippen molar-refractivity contribution in [2.45, 2.75) is 13.1 Å². The lowest BCUT2D eigenvalue weighted by Crippen LogP contribution is -2.37. The summed E-state index contributed by atoms with van der Waals surface area (Å²) in [5, 5.41) is 11.8. The zero-order valence-corrected chi connectivity index (χ0v) is 14.3. The van der Waals surface area contributed by atoms with E-state index in [1.807, 2.05) is 30.3 Å². The van der Waals surface area contributed by atoms with Crippen LogP contribution in [0, 0.1) is 0 Å². The van der Waals surface area contributed by atoms with Crippen LogP contribution < -0.4 is 11.2 Å². The van der Waals surface area contributed by atoms with Gasteiger partial charge >= 0.3 is 5.69 Å². The van der Waals surface area contributed by atoms with E-state index in [0.717, 1.165) is 10.1 Å². The van der Waals surface area contributed by atoms with Crippen LogP contribution in [0.5, 0.6) is 0 Å². The number of imidazole rings is 1. The zero-order chi connectivity index (χ0) is 18.3. The molecule has 0 aliphatic carbocycles. The molecule has 1 aromatic carbocycles. The first-order valence-electron chi connectivity index (χ1n) is 7.96. The van der Waals surface area contributed by atoms with E-state index >= 15 is 0 Å². The quantitative estimate of drug-likeness (QED) is 0.491. The molecule has 0 N–H and O–H groups in total. The van der Waals surface area contributed by atoms with Gasteiger partial charge < -0.3 is 4.57 Å². The molecule has 0 amide bonds. The lowest BCUT2D eigenvalue weighted by atomic mass is 10.2. The second kappa shape index (κ2) is 6.06. The first-order valence-corrected chi connectivity index (χ1v) is 7.96. The highest BCUT2D eigenvalue weighted by atomic mass is 16.2. The summed E-state index contributed by atoms with van der Waals surface area (Å²) in [5.41, 5.74) is 0.920. The van der Waals surface area contributed by atoms with Crippen LogP contribution >= 0.6 is 0 Å². The van der Waals surface area contributed by atoms with Gasteiger partial charge in [0.1, 0.15) is 0 Å². The normalized spacial score (nSPS) is 11.3. The summed E-state index contributed by atoms with van der Waals surface area (Å²) < 4.78 is 5.74. The Morgan fingerprint density at radius 3 is 2.54 bits per heavy atom. The van der Waals surface area contributed by atoms with Gasteiger partial charge in [-0.15, -0.1) is 5.10 Å². The second-order valence-electron chi connectivity index (χ2n) is 5.99. The van der Waals surface area contributed by atoms with Crippen molar-refractivity contribution in [3.8, 4) is 0 Å². The molecule has 3 aromatic heterocycles. The fraction of sp³-hybridized carbons (Fsp3) is 0.250. The molecule has 0 bridgehead atoms. The summed E-state index contributed by atoms with van der Waals surface area (Å²) in [6, 6.07) is 9.83. The molecule has 4 aromatic rings. The third kappa shape index (κ3) is 2.51. The molecule has 10 heteroatoms. The van der Waals surface area contributed by atoms with E-state index in [4.69, 9.17) is 0 Å². The molecule has 0 atom stereocenters. The van der Waals surface area contributed by atoms with Gasteiger partial charge in [0, 0.05) is 14.1 Å². The van der Waals surface area contributed by atoms with Crippen molar-refractivity contribution in [2.24, 2.45) is 14.1 Å². The fourth-order valence-electron chi connectivity index (χ4n) is 2.88. The number of nitrogens with zero attached hydrogens (tertiary/aromatic N) is 8. The number of rotatable bonds is 4. The number of tetrazole rings is 1. The number of hydrogen-bond donors (Lipinski definition) is 0. The third-order valence-electron chi connectivity index (χ3n) is 4.31. The van der Waals surface area contributed by atoms with Gasteiger partial charge in [0.15, 0.2) is 17.0 Å². The molecule has 0 fully saturated rings. The molecular weight excluding hydrogens is 336 g/mol. The maximum Gasteiger partial charge on any atom is 0.332 e. The van der Waals surface area contributed by atoms with Crippen molar-refractivity contribution in [1.29, 1.82) is 0 Å². The van der Waals surface area contributed by atoms with E-state index in [1.54, 1.807) is 16.3 Å². The number of aromatic nitrogens is 8. The summed E-state index contributed by atoms with van der Waals surface area (Å²) in [4.78, 5) is 28.8. The summed E-state index contributed by atoms with van der Waals surface area (Å²) in [5.74, 6) is 0.587. The monoisotopic (exact) mass is 352 g/mol. The smallest absolute Gasteiger partial charge is 0.317 e. The van der Waals surface area contributed by atoms with Crippen molar-refractivity contribution in [2.75, 3.05) is 0 Å². The highest BCUT2D eigenvalue weighted by molar-refractivity contribution is 5.70.